The van der Waals surface area contributed by atoms with Gasteiger partial charge < -0.3 is 19.5 Å². The number of carbonyl (C=O) groups is 1. The molecular formula is C19H23N3O3. The Bertz CT molecular complexity index is 778. The molecule has 2 aromatic rings. The molecule has 1 fully saturated rings. The van der Waals surface area contributed by atoms with E-state index in [0.29, 0.717) is 11.3 Å². The molecule has 2 aliphatic heterocycles. The molecule has 6 heteroatoms. The molecule has 0 saturated carbocycles. The molecule has 0 bridgehead atoms. The highest BCUT2D eigenvalue weighted by Gasteiger charge is 2.43. The minimum Gasteiger partial charge on any atom is -0.487 e. The fourth-order valence-electron chi connectivity index (χ4n) is 3.83. The van der Waals surface area contributed by atoms with Crippen molar-refractivity contribution < 1.29 is 14.1 Å². The van der Waals surface area contributed by atoms with Crippen molar-refractivity contribution in [1.82, 2.24) is 15.4 Å². The zero-order chi connectivity index (χ0) is 17.4. The number of hydrogen-bond acceptors (Lipinski definition) is 5. The Balaban J connectivity index is 1.61. The zero-order valence-electron chi connectivity index (χ0n) is 14.6. The first-order valence-electron chi connectivity index (χ1n) is 8.75. The first-order valence-corrected chi connectivity index (χ1v) is 8.75. The number of rotatable bonds is 2. The maximum absolute atomic E-state index is 12.7. The highest BCUT2D eigenvalue weighted by molar-refractivity contribution is 5.95. The third-order valence-electron chi connectivity index (χ3n) is 5.40. The van der Waals surface area contributed by atoms with E-state index in [9.17, 15) is 4.79 Å². The van der Waals surface area contributed by atoms with Gasteiger partial charge in [0.25, 0.3) is 5.91 Å². The lowest BCUT2D eigenvalue weighted by Crippen LogP contribution is -2.51. The Morgan fingerprint density at radius 2 is 2.08 bits per heavy atom. The Hall–Kier alpha value is -2.34. The standard InChI is InChI=1S/C19H23N3O3/c1-13-15(12-24-21-13)18(23)20-16-11-19(7-9-22(2)10-8-19)25-17-6-4-3-5-14(16)17/h3-6,12,16H,7-11H2,1-2H3,(H,20,23). The number of fused-ring (bicyclic) bond motifs is 1. The van der Waals surface area contributed by atoms with Gasteiger partial charge in [-0.05, 0) is 32.9 Å². The van der Waals surface area contributed by atoms with Crippen LogP contribution in [0, 0.1) is 6.92 Å². The van der Waals surface area contributed by atoms with E-state index in [1.807, 2.05) is 24.3 Å². The van der Waals surface area contributed by atoms with Crippen LogP contribution in [0.3, 0.4) is 0 Å². The topological polar surface area (TPSA) is 67.6 Å². The van der Waals surface area contributed by atoms with E-state index in [-0.39, 0.29) is 17.6 Å². The molecule has 1 atom stereocenters. The first kappa shape index (κ1) is 16.1. The zero-order valence-corrected chi connectivity index (χ0v) is 14.6. The van der Waals surface area contributed by atoms with Gasteiger partial charge in [-0.1, -0.05) is 23.4 Å². The number of benzene rings is 1. The van der Waals surface area contributed by atoms with Gasteiger partial charge in [0.15, 0.2) is 0 Å². The molecular weight excluding hydrogens is 318 g/mol. The number of amides is 1. The minimum absolute atomic E-state index is 0.0739. The number of nitrogens with one attached hydrogen (secondary N) is 1. The molecule has 1 aromatic carbocycles. The SMILES string of the molecule is Cc1nocc1C(=O)NC1CC2(CCN(C)CC2)Oc2ccccc21. The number of hydrogen-bond donors (Lipinski definition) is 1. The predicted molar refractivity (Wildman–Crippen MR) is 92.6 cm³/mol. The lowest BCUT2D eigenvalue weighted by molar-refractivity contribution is -0.0195. The predicted octanol–water partition coefficient (Wildman–Crippen LogP) is 2.70. The van der Waals surface area contributed by atoms with E-state index >= 15 is 0 Å². The van der Waals surface area contributed by atoms with Crippen LogP contribution < -0.4 is 10.1 Å². The highest BCUT2D eigenvalue weighted by atomic mass is 16.5. The smallest absolute Gasteiger partial charge is 0.256 e. The normalized spacial score (nSPS) is 22.2. The van der Waals surface area contributed by atoms with Gasteiger partial charge in [-0.2, -0.15) is 0 Å². The van der Waals surface area contributed by atoms with Crippen LogP contribution in [0.15, 0.2) is 35.1 Å². The Kier molecular flexibility index (Phi) is 4.00. The molecule has 0 aliphatic carbocycles. The summed E-state index contributed by atoms with van der Waals surface area (Å²) >= 11 is 0. The van der Waals surface area contributed by atoms with Gasteiger partial charge in [0, 0.05) is 25.1 Å². The summed E-state index contributed by atoms with van der Waals surface area (Å²) in [7, 11) is 2.14. The molecule has 132 valence electrons. The number of para-hydroxylation sites is 1. The van der Waals surface area contributed by atoms with Crippen molar-refractivity contribution in [3.05, 3.63) is 47.3 Å². The highest BCUT2D eigenvalue weighted by Crippen LogP contribution is 2.44. The summed E-state index contributed by atoms with van der Waals surface area (Å²) < 4.78 is 11.3. The number of aryl methyl sites for hydroxylation is 1. The fraction of sp³-hybridized carbons (Fsp3) is 0.474. The third-order valence-corrected chi connectivity index (χ3v) is 5.40. The largest absolute Gasteiger partial charge is 0.487 e. The molecule has 1 spiro atoms. The molecule has 2 aliphatic rings. The van der Waals surface area contributed by atoms with Gasteiger partial charge >= 0.3 is 0 Å². The van der Waals surface area contributed by atoms with Crippen LogP contribution in [-0.4, -0.2) is 41.7 Å². The molecule has 1 amide bonds. The number of nitrogens with zero attached hydrogens (tertiary/aromatic N) is 2. The van der Waals surface area contributed by atoms with Crippen molar-refractivity contribution in [2.24, 2.45) is 0 Å². The van der Waals surface area contributed by atoms with E-state index in [2.05, 4.69) is 22.4 Å². The Morgan fingerprint density at radius 3 is 2.80 bits per heavy atom. The van der Waals surface area contributed by atoms with E-state index < -0.39 is 0 Å². The summed E-state index contributed by atoms with van der Waals surface area (Å²) in [5.41, 5.74) is 1.92. The summed E-state index contributed by atoms with van der Waals surface area (Å²) in [6, 6.07) is 7.92. The second-order valence-electron chi connectivity index (χ2n) is 7.17. The van der Waals surface area contributed by atoms with Crippen molar-refractivity contribution in [1.29, 1.82) is 0 Å². The maximum Gasteiger partial charge on any atom is 0.256 e. The number of ether oxygens (including phenoxy) is 1. The van der Waals surface area contributed by atoms with Crippen LogP contribution in [-0.2, 0) is 0 Å². The fourth-order valence-corrected chi connectivity index (χ4v) is 3.83. The molecule has 1 saturated heterocycles. The average Bonchev–Trinajstić information content (AvgIpc) is 3.04. The van der Waals surface area contributed by atoms with Gasteiger partial charge in [-0.15, -0.1) is 0 Å². The molecule has 6 nitrogen and oxygen atoms in total. The summed E-state index contributed by atoms with van der Waals surface area (Å²) in [5, 5.41) is 6.97. The number of carbonyl (C=O) groups excluding carboxylic acids is 1. The lowest BCUT2D eigenvalue weighted by atomic mass is 9.80. The first-order chi connectivity index (χ1) is 12.1. The molecule has 1 N–H and O–H groups in total. The maximum atomic E-state index is 12.7. The van der Waals surface area contributed by atoms with Crippen LogP contribution >= 0.6 is 0 Å². The molecule has 1 aromatic heterocycles. The monoisotopic (exact) mass is 341 g/mol. The second-order valence-corrected chi connectivity index (χ2v) is 7.17. The molecule has 25 heavy (non-hydrogen) atoms. The van der Waals surface area contributed by atoms with Crippen molar-refractivity contribution >= 4 is 5.91 Å². The van der Waals surface area contributed by atoms with Gasteiger partial charge in [-0.3, -0.25) is 4.79 Å². The van der Waals surface area contributed by atoms with Gasteiger partial charge in [0.1, 0.15) is 23.2 Å². The van der Waals surface area contributed by atoms with E-state index in [1.54, 1.807) is 6.92 Å². The van der Waals surface area contributed by atoms with Crippen molar-refractivity contribution in [3.8, 4) is 5.75 Å². The van der Waals surface area contributed by atoms with Crippen LogP contribution in [0.5, 0.6) is 5.75 Å². The molecule has 1 unspecified atom stereocenters. The van der Waals surface area contributed by atoms with Crippen LogP contribution in [0.1, 0.15) is 46.9 Å². The summed E-state index contributed by atoms with van der Waals surface area (Å²) in [5.74, 6) is 0.731. The number of piperidine rings is 1. The van der Waals surface area contributed by atoms with Crippen molar-refractivity contribution in [2.75, 3.05) is 20.1 Å². The Morgan fingerprint density at radius 1 is 1.32 bits per heavy atom. The molecule has 4 rings (SSSR count). The minimum atomic E-state index is -0.206. The van der Waals surface area contributed by atoms with Crippen molar-refractivity contribution in [2.45, 2.75) is 37.8 Å². The average molecular weight is 341 g/mol. The van der Waals surface area contributed by atoms with Gasteiger partial charge in [0.2, 0.25) is 0 Å². The molecule has 3 heterocycles. The summed E-state index contributed by atoms with van der Waals surface area (Å²) in [4.78, 5) is 15.0. The third kappa shape index (κ3) is 3.02. The number of likely N-dealkylation sites (tertiary alicyclic amines) is 1. The van der Waals surface area contributed by atoms with Crippen LogP contribution in [0.2, 0.25) is 0 Å². The van der Waals surface area contributed by atoms with Gasteiger partial charge in [-0.25, -0.2) is 0 Å². The van der Waals surface area contributed by atoms with Gasteiger partial charge in [0.05, 0.1) is 11.7 Å². The van der Waals surface area contributed by atoms with E-state index in [1.165, 1.54) is 6.26 Å². The van der Waals surface area contributed by atoms with E-state index in [0.717, 1.165) is 43.7 Å². The quantitative estimate of drug-likeness (QED) is 0.910. The lowest BCUT2D eigenvalue weighted by Gasteiger charge is -2.46. The summed E-state index contributed by atoms with van der Waals surface area (Å²) in [6.45, 7) is 3.79. The summed E-state index contributed by atoms with van der Waals surface area (Å²) in [6.07, 6.45) is 4.13. The van der Waals surface area contributed by atoms with E-state index in [4.69, 9.17) is 9.26 Å². The van der Waals surface area contributed by atoms with Crippen LogP contribution in [0.4, 0.5) is 0 Å². The van der Waals surface area contributed by atoms with Crippen molar-refractivity contribution in [3.63, 3.8) is 0 Å². The Labute approximate surface area is 147 Å². The number of aromatic nitrogens is 1. The van der Waals surface area contributed by atoms with Crippen LogP contribution in [0.25, 0.3) is 0 Å². The second kappa shape index (κ2) is 6.19. The molecule has 0 radical (unpaired) electrons.